The van der Waals surface area contributed by atoms with E-state index in [0.29, 0.717) is 24.1 Å². The molecule has 8 heteroatoms. The predicted molar refractivity (Wildman–Crippen MR) is 127 cm³/mol. The van der Waals surface area contributed by atoms with Crippen molar-refractivity contribution < 1.29 is 9.59 Å². The molecule has 0 radical (unpaired) electrons. The number of anilines is 4. The number of rotatable bonds is 4. The SMILES string of the molecule is CC(C)c1ccc(NC(=O)C2CC(=O)Nc3nc(N4CCc5ccccc54)[nH]c(=O)c32)cc1. The molecule has 0 fully saturated rings. The van der Waals surface area contributed by atoms with E-state index in [0.717, 1.165) is 17.7 Å². The third kappa shape index (κ3) is 3.88. The quantitative estimate of drug-likeness (QED) is 0.571. The van der Waals surface area contributed by atoms with Crippen LogP contribution in [0.25, 0.3) is 0 Å². The third-order valence-electron chi connectivity index (χ3n) is 6.24. The van der Waals surface area contributed by atoms with E-state index in [1.54, 1.807) is 0 Å². The first-order valence-corrected chi connectivity index (χ1v) is 11.1. The largest absolute Gasteiger partial charge is 0.326 e. The van der Waals surface area contributed by atoms with Gasteiger partial charge in [0.25, 0.3) is 5.56 Å². The van der Waals surface area contributed by atoms with E-state index in [9.17, 15) is 14.4 Å². The lowest BCUT2D eigenvalue weighted by Gasteiger charge is -2.25. The highest BCUT2D eigenvalue weighted by atomic mass is 16.2. The molecule has 5 rings (SSSR count). The number of aromatic nitrogens is 2. The summed E-state index contributed by atoms with van der Waals surface area (Å²) in [5.41, 5.74) is 3.68. The van der Waals surface area contributed by atoms with Gasteiger partial charge in [0.05, 0.1) is 11.5 Å². The van der Waals surface area contributed by atoms with E-state index in [1.165, 1.54) is 5.56 Å². The standard InChI is InChI=1S/C25H25N5O3/c1-14(2)15-7-9-17(10-8-15)26-23(32)18-13-20(31)27-22-21(18)24(33)29-25(28-22)30-12-11-16-5-3-4-6-19(16)30/h3-10,14,18H,11-13H2,1-2H3,(H,26,32)(H2,27,28,29,31,33). The lowest BCUT2D eigenvalue weighted by atomic mass is 9.92. The maximum Gasteiger partial charge on any atom is 0.258 e. The van der Waals surface area contributed by atoms with E-state index < -0.39 is 17.4 Å². The molecule has 1 atom stereocenters. The van der Waals surface area contributed by atoms with Gasteiger partial charge in [-0.3, -0.25) is 19.4 Å². The van der Waals surface area contributed by atoms with Gasteiger partial charge in [-0.05, 0) is 41.7 Å². The van der Waals surface area contributed by atoms with Crippen molar-refractivity contribution in [2.75, 3.05) is 22.1 Å². The van der Waals surface area contributed by atoms with Gasteiger partial charge in [-0.2, -0.15) is 4.98 Å². The molecule has 0 saturated heterocycles. The van der Waals surface area contributed by atoms with Gasteiger partial charge in [0.15, 0.2) is 0 Å². The molecule has 2 aliphatic rings. The third-order valence-corrected chi connectivity index (χ3v) is 6.24. The Kier molecular flexibility index (Phi) is 5.20. The Hall–Kier alpha value is -3.94. The van der Waals surface area contributed by atoms with E-state index in [2.05, 4.69) is 34.4 Å². The Labute approximate surface area is 191 Å². The van der Waals surface area contributed by atoms with E-state index in [1.807, 2.05) is 53.4 Å². The molecular weight excluding hydrogens is 418 g/mol. The normalized spacial score (nSPS) is 16.9. The summed E-state index contributed by atoms with van der Waals surface area (Å²) in [6, 6.07) is 15.5. The fourth-order valence-corrected chi connectivity index (χ4v) is 4.45. The van der Waals surface area contributed by atoms with Crippen LogP contribution in [0.5, 0.6) is 0 Å². The van der Waals surface area contributed by atoms with Crippen LogP contribution in [0, 0.1) is 0 Å². The molecule has 3 N–H and O–H groups in total. The zero-order valence-corrected chi connectivity index (χ0v) is 18.5. The lowest BCUT2D eigenvalue weighted by Crippen LogP contribution is -2.37. The summed E-state index contributed by atoms with van der Waals surface area (Å²) in [7, 11) is 0. The van der Waals surface area contributed by atoms with Crippen LogP contribution in [0.15, 0.2) is 53.3 Å². The number of H-pyrrole nitrogens is 1. The minimum atomic E-state index is -0.922. The molecule has 0 bridgehead atoms. The lowest BCUT2D eigenvalue weighted by molar-refractivity contribution is -0.123. The van der Waals surface area contributed by atoms with Gasteiger partial charge in [-0.15, -0.1) is 0 Å². The summed E-state index contributed by atoms with van der Waals surface area (Å²) in [6.07, 6.45) is 0.726. The van der Waals surface area contributed by atoms with Crippen molar-refractivity contribution in [2.45, 2.75) is 38.5 Å². The zero-order chi connectivity index (χ0) is 23.1. The summed E-state index contributed by atoms with van der Waals surface area (Å²) in [5.74, 6) is -0.794. The number of carbonyl (C=O) groups is 2. The molecular formula is C25H25N5O3. The van der Waals surface area contributed by atoms with Crippen LogP contribution in [0.3, 0.4) is 0 Å². The van der Waals surface area contributed by atoms with Crippen molar-refractivity contribution in [1.82, 2.24) is 9.97 Å². The summed E-state index contributed by atoms with van der Waals surface area (Å²) in [5, 5.41) is 5.52. The first kappa shape index (κ1) is 20.9. The van der Waals surface area contributed by atoms with Gasteiger partial charge in [-0.25, -0.2) is 0 Å². The van der Waals surface area contributed by atoms with Crippen LogP contribution < -0.4 is 21.1 Å². The second-order valence-electron chi connectivity index (χ2n) is 8.75. The summed E-state index contributed by atoms with van der Waals surface area (Å²) in [4.78, 5) is 47.8. The average molecular weight is 444 g/mol. The first-order valence-electron chi connectivity index (χ1n) is 11.1. The van der Waals surface area contributed by atoms with Crippen molar-refractivity contribution in [3.8, 4) is 0 Å². The number of aromatic amines is 1. The van der Waals surface area contributed by atoms with Crippen molar-refractivity contribution >= 4 is 35.0 Å². The van der Waals surface area contributed by atoms with Crippen LogP contribution >= 0.6 is 0 Å². The molecule has 1 unspecified atom stereocenters. The maximum atomic E-state index is 13.1. The number of fused-ring (bicyclic) bond motifs is 2. The number of nitrogens with zero attached hydrogens (tertiary/aromatic N) is 2. The topological polar surface area (TPSA) is 107 Å². The van der Waals surface area contributed by atoms with Gasteiger partial charge in [0.1, 0.15) is 5.82 Å². The Morgan fingerprint density at radius 3 is 2.64 bits per heavy atom. The van der Waals surface area contributed by atoms with Gasteiger partial charge in [-0.1, -0.05) is 44.2 Å². The van der Waals surface area contributed by atoms with E-state index in [-0.39, 0.29) is 23.7 Å². The van der Waals surface area contributed by atoms with Crippen molar-refractivity contribution in [1.29, 1.82) is 0 Å². The highest BCUT2D eigenvalue weighted by Crippen LogP contribution is 2.35. The fourth-order valence-electron chi connectivity index (χ4n) is 4.45. The number of amides is 2. The highest BCUT2D eigenvalue weighted by molar-refractivity contribution is 6.04. The summed E-state index contributed by atoms with van der Waals surface area (Å²) in [6.45, 7) is 4.87. The predicted octanol–water partition coefficient (Wildman–Crippen LogP) is 3.65. The van der Waals surface area contributed by atoms with E-state index in [4.69, 9.17) is 0 Å². The number of nitrogens with one attached hydrogen (secondary N) is 3. The molecule has 3 aromatic rings. The van der Waals surface area contributed by atoms with Crippen LogP contribution in [0.1, 0.15) is 48.8 Å². The molecule has 0 aliphatic carbocycles. The first-order chi connectivity index (χ1) is 15.9. The number of para-hydroxylation sites is 1. The Morgan fingerprint density at radius 2 is 1.88 bits per heavy atom. The Morgan fingerprint density at radius 1 is 1.12 bits per heavy atom. The summed E-state index contributed by atoms with van der Waals surface area (Å²) >= 11 is 0. The number of hydrogen-bond donors (Lipinski definition) is 3. The van der Waals surface area contributed by atoms with Gasteiger partial charge in [0, 0.05) is 24.3 Å². The molecule has 2 aliphatic heterocycles. The molecule has 2 aromatic carbocycles. The van der Waals surface area contributed by atoms with Gasteiger partial charge < -0.3 is 15.5 Å². The van der Waals surface area contributed by atoms with Crippen molar-refractivity contribution in [3.05, 3.63) is 75.6 Å². The molecule has 168 valence electrons. The van der Waals surface area contributed by atoms with Gasteiger partial charge in [0.2, 0.25) is 17.8 Å². The average Bonchev–Trinajstić information content (AvgIpc) is 3.22. The minimum absolute atomic E-state index is 0.112. The number of carbonyl (C=O) groups excluding carboxylic acids is 2. The monoisotopic (exact) mass is 443 g/mol. The molecule has 8 nitrogen and oxygen atoms in total. The Bertz CT molecular complexity index is 1300. The molecule has 33 heavy (non-hydrogen) atoms. The van der Waals surface area contributed by atoms with Crippen LogP contribution in [0.2, 0.25) is 0 Å². The second-order valence-corrected chi connectivity index (χ2v) is 8.75. The van der Waals surface area contributed by atoms with Crippen LogP contribution in [-0.4, -0.2) is 28.3 Å². The highest BCUT2D eigenvalue weighted by Gasteiger charge is 2.35. The van der Waals surface area contributed by atoms with Crippen molar-refractivity contribution in [2.24, 2.45) is 0 Å². The zero-order valence-electron chi connectivity index (χ0n) is 18.5. The number of hydrogen-bond acceptors (Lipinski definition) is 5. The molecule has 0 spiro atoms. The molecule has 3 heterocycles. The molecule has 0 saturated carbocycles. The number of benzene rings is 2. The molecule has 1 aromatic heterocycles. The van der Waals surface area contributed by atoms with Crippen molar-refractivity contribution in [3.63, 3.8) is 0 Å². The van der Waals surface area contributed by atoms with Crippen LogP contribution in [-0.2, 0) is 16.0 Å². The van der Waals surface area contributed by atoms with E-state index >= 15 is 0 Å². The maximum absolute atomic E-state index is 13.1. The summed E-state index contributed by atoms with van der Waals surface area (Å²) < 4.78 is 0. The fraction of sp³-hybridized carbons (Fsp3) is 0.280. The van der Waals surface area contributed by atoms with Gasteiger partial charge >= 0.3 is 0 Å². The smallest absolute Gasteiger partial charge is 0.258 e. The Balaban J connectivity index is 1.45. The van der Waals surface area contributed by atoms with Crippen LogP contribution in [0.4, 0.5) is 23.1 Å². The second kappa shape index (κ2) is 8.20. The molecule has 2 amide bonds. The minimum Gasteiger partial charge on any atom is -0.326 e.